The number of rotatable bonds is 5. The molecule has 26 heavy (non-hydrogen) atoms. The summed E-state index contributed by atoms with van der Waals surface area (Å²) < 4.78 is 13.5. The quantitative estimate of drug-likeness (QED) is 0.834. The smallest absolute Gasteiger partial charge is 0.248 e. The molecule has 1 amide bonds. The van der Waals surface area contributed by atoms with Crippen molar-refractivity contribution in [2.75, 3.05) is 42.9 Å². The van der Waals surface area contributed by atoms with E-state index < -0.39 is 0 Å². The second kappa shape index (κ2) is 8.63. The lowest BCUT2D eigenvalue weighted by Crippen LogP contribution is -2.46. The van der Waals surface area contributed by atoms with Crippen molar-refractivity contribution in [3.05, 3.63) is 66.0 Å². The molecule has 0 saturated carbocycles. The number of piperazine rings is 1. The lowest BCUT2D eigenvalue weighted by Gasteiger charge is -2.35. The van der Waals surface area contributed by atoms with Gasteiger partial charge in [0, 0.05) is 49.2 Å². The molecule has 4 nitrogen and oxygen atoms in total. The van der Waals surface area contributed by atoms with E-state index in [0.29, 0.717) is 5.56 Å². The summed E-state index contributed by atoms with van der Waals surface area (Å²) in [7, 11) is 0. The fraction of sp³-hybridized carbons (Fsp3) is 0.286. The average molecular weight is 353 g/mol. The zero-order chi connectivity index (χ0) is 18.4. The Balaban J connectivity index is 1.56. The molecule has 0 atom stereocenters. The number of likely N-dealkylation sites (N-methyl/N-ethyl adjacent to an activating group) is 1. The molecule has 0 radical (unpaired) electrons. The highest BCUT2D eigenvalue weighted by Crippen LogP contribution is 2.19. The zero-order valence-electron chi connectivity index (χ0n) is 15.0. The molecule has 1 heterocycles. The Morgan fingerprint density at radius 1 is 1.08 bits per heavy atom. The minimum Gasteiger partial charge on any atom is -0.369 e. The van der Waals surface area contributed by atoms with E-state index in [-0.39, 0.29) is 11.7 Å². The summed E-state index contributed by atoms with van der Waals surface area (Å²) in [5, 5.41) is 2.80. The summed E-state index contributed by atoms with van der Waals surface area (Å²) >= 11 is 0. The van der Waals surface area contributed by atoms with Crippen molar-refractivity contribution in [1.29, 1.82) is 0 Å². The first-order chi connectivity index (χ1) is 12.7. The molecule has 1 saturated heterocycles. The van der Waals surface area contributed by atoms with Gasteiger partial charge in [0.15, 0.2) is 0 Å². The second-order valence-corrected chi connectivity index (χ2v) is 6.31. The molecule has 136 valence electrons. The first-order valence-corrected chi connectivity index (χ1v) is 8.96. The number of amides is 1. The van der Waals surface area contributed by atoms with E-state index >= 15 is 0 Å². The van der Waals surface area contributed by atoms with Crippen molar-refractivity contribution >= 4 is 23.4 Å². The van der Waals surface area contributed by atoms with Crippen molar-refractivity contribution in [3.8, 4) is 0 Å². The van der Waals surface area contributed by atoms with Crippen LogP contribution in [0.5, 0.6) is 0 Å². The number of benzene rings is 2. The maximum absolute atomic E-state index is 13.5. The molecule has 3 rings (SSSR count). The van der Waals surface area contributed by atoms with Crippen molar-refractivity contribution in [2.45, 2.75) is 6.92 Å². The van der Waals surface area contributed by atoms with Gasteiger partial charge >= 0.3 is 0 Å². The summed E-state index contributed by atoms with van der Waals surface area (Å²) in [5.74, 6) is -0.623. The fourth-order valence-corrected chi connectivity index (χ4v) is 3.04. The Kier molecular flexibility index (Phi) is 6.02. The van der Waals surface area contributed by atoms with Gasteiger partial charge in [0.05, 0.1) is 0 Å². The molecule has 0 aliphatic carbocycles. The van der Waals surface area contributed by atoms with Crippen LogP contribution in [0.25, 0.3) is 6.08 Å². The highest BCUT2D eigenvalue weighted by Gasteiger charge is 2.15. The Morgan fingerprint density at radius 2 is 1.77 bits per heavy atom. The normalized spacial score (nSPS) is 15.4. The van der Waals surface area contributed by atoms with Crippen LogP contribution in [0.3, 0.4) is 0 Å². The number of nitrogens with one attached hydrogen (secondary N) is 1. The van der Waals surface area contributed by atoms with Crippen molar-refractivity contribution in [2.24, 2.45) is 0 Å². The van der Waals surface area contributed by atoms with Crippen LogP contribution in [0.2, 0.25) is 0 Å². The molecule has 5 heteroatoms. The minimum absolute atomic E-state index is 0.280. The summed E-state index contributed by atoms with van der Waals surface area (Å²) in [6.07, 6.45) is 2.82. The van der Waals surface area contributed by atoms with Crippen LogP contribution in [-0.4, -0.2) is 43.5 Å². The molecule has 1 N–H and O–H groups in total. The Hall–Kier alpha value is -2.66. The Bertz CT molecular complexity index is 765. The molecule has 2 aromatic rings. The third kappa shape index (κ3) is 4.70. The van der Waals surface area contributed by atoms with Crippen LogP contribution in [0.15, 0.2) is 54.6 Å². The van der Waals surface area contributed by atoms with Crippen LogP contribution < -0.4 is 10.2 Å². The molecule has 0 spiro atoms. The van der Waals surface area contributed by atoms with Gasteiger partial charge in [-0.15, -0.1) is 0 Å². The number of anilines is 2. The predicted molar refractivity (Wildman–Crippen MR) is 105 cm³/mol. The van der Waals surface area contributed by atoms with Gasteiger partial charge in [-0.1, -0.05) is 25.1 Å². The molecular weight excluding hydrogens is 329 g/mol. The van der Waals surface area contributed by atoms with Crippen LogP contribution in [0.4, 0.5) is 15.8 Å². The van der Waals surface area contributed by atoms with Crippen molar-refractivity contribution < 1.29 is 9.18 Å². The van der Waals surface area contributed by atoms with Crippen LogP contribution in [-0.2, 0) is 4.79 Å². The maximum atomic E-state index is 13.5. The first-order valence-electron chi connectivity index (χ1n) is 8.96. The van der Waals surface area contributed by atoms with E-state index in [1.807, 2.05) is 24.3 Å². The summed E-state index contributed by atoms with van der Waals surface area (Å²) in [5.41, 5.74) is 2.29. The third-order valence-corrected chi connectivity index (χ3v) is 4.64. The van der Waals surface area contributed by atoms with E-state index in [0.717, 1.165) is 38.4 Å². The minimum atomic E-state index is -0.343. The zero-order valence-corrected chi connectivity index (χ0v) is 15.0. The molecule has 1 aliphatic heterocycles. The van der Waals surface area contributed by atoms with Gasteiger partial charge in [-0.2, -0.15) is 0 Å². The Labute approximate surface area is 153 Å². The number of hydrogen-bond donors (Lipinski definition) is 1. The lowest BCUT2D eigenvalue weighted by molar-refractivity contribution is -0.111. The van der Waals surface area contributed by atoms with Gasteiger partial charge in [-0.25, -0.2) is 4.39 Å². The largest absolute Gasteiger partial charge is 0.369 e. The number of carbonyl (C=O) groups is 1. The molecule has 2 aromatic carbocycles. The van der Waals surface area contributed by atoms with E-state index in [1.165, 1.54) is 23.9 Å². The molecule has 0 unspecified atom stereocenters. The first kappa shape index (κ1) is 18.1. The second-order valence-electron chi connectivity index (χ2n) is 6.31. The Morgan fingerprint density at radius 3 is 2.42 bits per heavy atom. The predicted octanol–water partition coefficient (Wildman–Crippen LogP) is 3.62. The van der Waals surface area contributed by atoms with Gasteiger partial charge in [0.1, 0.15) is 5.82 Å². The van der Waals surface area contributed by atoms with E-state index in [1.54, 1.807) is 18.2 Å². The summed E-state index contributed by atoms with van der Waals surface area (Å²) in [6, 6.07) is 14.2. The highest BCUT2D eigenvalue weighted by atomic mass is 19.1. The number of carbonyl (C=O) groups excluding carboxylic acids is 1. The number of hydrogen-bond acceptors (Lipinski definition) is 3. The van der Waals surface area contributed by atoms with Crippen LogP contribution >= 0.6 is 0 Å². The molecule has 0 aromatic heterocycles. The van der Waals surface area contributed by atoms with Gasteiger partial charge in [-0.3, -0.25) is 4.79 Å². The van der Waals surface area contributed by atoms with Gasteiger partial charge < -0.3 is 15.1 Å². The van der Waals surface area contributed by atoms with Crippen LogP contribution in [0.1, 0.15) is 12.5 Å². The monoisotopic (exact) mass is 353 g/mol. The van der Waals surface area contributed by atoms with Gasteiger partial charge in [0.2, 0.25) is 5.91 Å². The van der Waals surface area contributed by atoms with Gasteiger partial charge in [0.25, 0.3) is 0 Å². The number of halogens is 1. The summed E-state index contributed by atoms with van der Waals surface area (Å²) in [4.78, 5) is 16.8. The van der Waals surface area contributed by atoms with Gasteiger partial charge in [-0.05, 0) is 43.0 Å². The number of nitrogens with zero attached hydrogens (tertiary/aromatic N) is 2. The lowest BCUT2D eigenvalue weighted by atomic mass is 10.2. The standard InChI is InChI=1S/C21H24FN3O/c1-2-24-13-15-25(16-14-24)19-10-8-18(9-11-19)23-21(26)12-7-17-5-3-4-6-20(17)22/h3-12H,2,13-16H2,1H3,(H,23,26)/b12-7+. The molecule has 1 aliphatic rings. The van der Waals surface area contributed by atoms with Crippen LogP contribution in [0, 0.1) is 5.82 Å². The van der Waals surface area contributed by atoms with E-state index in [9.17, 15) is 9.18 Å². The molecule has 0 bridgehead atoms. The fourth-order valence-electron chi connectivity index (χ4n) is 3.04. The van der Waals surface area contributed by atoms with E-state index in [2.05, 4.69) is 22.0 Å². The molecular formula is C21H24FN3O. The molecule has 1 fully saturated rings. The highest BCUT2D eigenvalue weighted by molar-refractivity contribution is 6.02. The van der Waals surface area contributed by atoms with E-state index in [4.69, 9.17) is 0 Å². The maximum Gasteiger partial charge on any atom is 0.248 e. The third-order valence-electron chi connectivity index (χ3n) is 4.64. The average Bonchev–Trinajstić information content (AvgIpc) is 2.68. The van der Waals surface area contributed by atoms with Crippen molar-refractivity contribution in [3.63, 3.8) is 0 Å². The van der Waals surface area contributed by atoms with Crippen molar-refractivity contribution in [1.82, 2.24) is 4.90 Å². The summed E-state index contributed by atoms with van der Waals surface area (Å²) in [6.45, 7) is 7.48. The SMILES string of the molecule is CCN1CCN(c2ccc(NC(=O)/C=C/c3ccccc3F)cc2)CC1. The topological polar surface area (TPSA) is 35.6 Å².